The van der Waals surface area contributed by atoms with Gasteiger partial charge in [-0.3, -0.25) is 24.2 Å². The summed E-state index contributed by atoms with van der Waals surface area (Å²) >= 11 is 18.8. The summed E-state index contributed by atoms with van der Waals surface area (Å²) in [6, 6.07) is 16.0. The predicted octanol–water partition coefficient (Wildman–Crippen LogP) is 4.93. The van der Waals surface area contributed by atoms with Gasteiger partial charge in [-0.15, -0.1) is 0 Å². The highest BCUT2D eigenvalue weighted by Gasteiger charge is 2.32. The van der Waals surface area contributed by atoms with Crippen LogP contribution in [0.2, 0.25) is 15.1 Å². The Labute approximate surface area is 265 Å². The van der Waals surface area contributed by atoms with E-state index in [1.807, 2.05) is 30.3 Å². The molecule has 1 saturated heterocycles. The van der Waals surface area contributed by atoms with Gasteiger partial charge in [-0.1, -0.05) is 65.1 Å². The number of hydrogen-bond donors (Lipinski definition) is 1. The molecule has 0 saturated carbocycles. The van der Waals surface area contributed by atoms with Gasteiger partial charge in [0.05, 0.1) is 45.6 Å². The fourth-order valence-corrected chi connectivity index (χ4v) is 5.76. The van der Waals surface area contributed by atoms with E-state index in [2.05, 4.69) is 10.2 Å². The number of anilines is 1. The smallest absolute Gasteiger partial charge is 0.265 e. The van der Waals surface area contributed by atoms with Gasteiger partial charge in [0.1, 0.15) is 12.3 Å². The van der Waals surface area contributed by atoms with Crippen LogP contribution < -0.4 is 15.0 Å². The van der Waals surface area contributed by atoms with Crippen LogP contribution in [0.25, 0.3) is 11.1 Å². The van der Waals surface area contributed by atoms with Crippen LogP contribution in [0.4, 0.5) is 5.69 Å². The number of nitrogens with one attached hydrogen (secondary N) is 1. The zero-order valence-electron chi connectivity index (χ0n) is 23.7. The van der Waals surface area contributed by atoms with E-state index in [0.717, 1.165) is 29.8 Å². The van der Waals surface area contributed by atoms with Crippen LogP contribution in [0.15, 0.2) is 54.6 Å². The molecule has 0 bridgehead atoms. The third kappa shape index (κ3) is 6.92. The fourth-order valence-electron chi connectivity index (χ4n) is 5.18. The third-order valence-electron chi connectivity index (χ3n) is 7.70. The monoisotopic (exact) mass is 644 g/mol. The molecule has 3 amide bonds. The SMILES string of the molecule is CNC(=O)c1ccc(-c2ccc(C(CN3CCOCC3)N(C)C(=O)CN3C(=O)COc4cc(Cl)c(Cl)cc43)cc2)cc1Cl. The molecule has 2 heterocycles. The highest BCUT2D eigenvalue weighted by atomic mass is 35.5. The molecule has 5 rings (SSSR count). The molecule has 2 aliphatic heterocycles. The van der Waals surface area contributed by atoms with E-state index in [1.54, 1.807) is 43.3 Å². The zero-order chi connectivity index (χ0) is 30.7. The topological polar surface area (TPSA) is 91.4 Å². The molecule has 43 heavy (non-hydrogen) atoms. The Morgan fingerprint density at radius 3 is 2.30 bits per heavy atom. The maximum atomic E-state index is 13.8. The Bertz CT molecular complexity index is 1530. The molecule has 0 radical (unpaired) electrons. The fraction of sp³-hybridized carbons (Fsp3) is 0.323. The molecule has 0 aromatic heterocycles. The van der Waals surface area contributed by atoms with Gasteiger partial charge in [-0.05, 0) is 34.9 Å². The number of ether oxygens (including phenoxy) is 2. The first-order valence-electron chi connectivity index (χ1n) is 13.8. The third-order valence-corrected chi connectivity index (χ3v) is 8.74. The number of morpholine rings is 1. The first-order chi connectivity index (χ1) is 20.7. The van der Waals surface area contributed by atoms with Crippen molar-refractivity contribution in [2.24, 2.45) is 0 Å². The van der Waals surface area contributed by atoms with Gasteiger partial charge in [0.15, 0.2) is 6.61 Å². The van der Waals surface area contributed by atoms with E-state index in [4.69, 9.17) is 44.3 Å². The van der Waals surface area contributed by atoms with Gasteiger partial charge < -0.3 is 19.7 Å². The molecular formula is C31H31Cl3N4O5. The summed E-state index contributed by atoms with van der Waals surface area (Å²) in [6.07, 6.45) is 0. The number of hydrogen-bond acceptors (Lipinski definition) is 6. The standard InChI is InChI=1S/C31H31Cl3N4O5/c1-35-31(41)22-8-7-21(13-23(22)32)19-3-5-20(6-4-19)27(16-37-9-11-42-12-10-37)36(2)29(39)17-38-26-14-24(33)25(34)15-28(26)43-18-30(38)40/h3-8,13-15,27H,9-12,16-18H2,1-2H3,(H,35,41). The van der Waals surface area contributed by atoms with Gasteiger partial charge in [0.2, 0.25) is 5.91 Å². The van der Waals surface area contributed by atoms with Crippen LogP contribution in [-0.2, 0) is 14.3 Å². The van der Waals surface area contributed by atoms with Crippen molar-refractivity contribution in [3.05, 3.63) is 80.8 Å². The van der Waals surface area contributed by atoms with Crippen LogP contribution in [0.3, 0.4) is 0 Å². The summed E-state index contributed by atoms with van der Waals surface area (Å²) in [7, 11) is 3.31. The lowest BCUT2D eigenvalue weighted by atomic mass is 9.98. The minimum atomic E-state index is -0.345. The van der Waals surface area contributed by atoms with Crippen LogP contribution >= 0.6 is 34.8 Å². The molecule has 0 spiro atoms. The number of likely N-dealkylation sites (N-methyl/N-ethyl adjacent to an activating group) is 1. The van der Waals surface area contributed by atoms with E-state index >= 15 is 0 Å². The number of rotatable bonds is 8. The first-order valence-corrected chi connectivity index (χ1v) is 14.9. The van der Waals surface area contributed by atoms with Crippen molar-refractivity contribution < 1.29 is 23.9 Å². The van der Waals surface area contributed by atoms with Crippen molar-refractivity contribution in [3.8, 4) is 16.9 Å². The molecular weight excluding hydrogens is 615 g/mol. The quantitative estimate of drug-likeness (QED) is 0.374. The van der Waals surface area contributed by atoms with Gasteiger partial charge in [-0.2, -0.15) is 0 Å². The lowest BCUT2D eigenvalue weighted by Gasteiger charge is -2.37. The van der Waals surface area contributed by atoms with Crippen LogP contribution in [0, 0.1) is 0 Å². The van der Waals surface area contributed by atoms with Crippen LogP contribution in [0.5, 0.6) is 5.75 Å². The minimum absolute atomic E-state index is 0.183. The van der Waals surface area contributed by atoms with Crippen molar-refractivity contribution >= 4 is 58.2 Å². The van der Waals surface area contributed by atoms with Crippen molar-refractivity contribution in [1.82, 2.24) is 15.1 Å². The molecule has 0 aliphatic carbocycles. The lowest BCUT2D eigenvalue weighted by molar-refractivity contribution is -0.133. The summed E-state index contributed by atoms with van der Waals surface area (Å²) in [4.78, 5) is 44.0. The maximum Gasteiger partial charge on any atom is 0.265 e. The Kier molecular flexibility index (Phi) is 9.78. The number of benzene rings is 3. The van der Waals surface area contributed by atoms with Gasteiger partial charge in [-0.25, -0.2) is 0 Å². The van der Waals surface area contributed by atoms with Crippen molar-refractivity contribution in [2.45, 2.75) is 6.04 Å². The summed E-state index contributed by atoms with van der Waals surface area (Å²) < 4.78 is 11.1. The Morgan fingerprint density at radius 2 is 1.63 bits per heavy atom. The molecule has 3 aromatic carbocycles. The number of nitrogens with zero attached hydrogens (tertiary/aromatic N) is 3. The molecule has 1 N–H and O–H groups in total. The summed E-state index contributed by atoms with van der Waals surface area (Å²) in [5.41, 5.74) is 3.52. The Morgan fingerprint density at radius 1 is 0.953 bits per heavy atom. The van der Waals surface area contributed by atoms with E-state index < -0.39 is 0 Å². The summed E-state index contributed by atoms with van der Waals surface area (Å²) in [5, 5.41) is 3.51. The molecule has 1 atom stereocenters. The van der Waals surface area contributed by atoms with Gasteiger partial charge in [0.25, 0.3) is 11.8 Å². The largest absolute Gasteiger partial charge is 0.482 e. The van der Waals surface area contributed by atoms with Gasteiger partial charge in [0, 0.05) is 39.8 Å². The lowest BCUT2D eigenvalue weighted by Crippen LogP contribution is -2.48. The zero-order valence-corrected chi connectivity index (χ0v) is 26.0. The van der Waals surface area contributed by atoms with E-state index in [-0.39, 0.29) is 41.9 Å². The van der Waals surface area contributed by atoms with Crippen molar-refractivity contribution in [1.29, 1.82) is 0 Å². The van der Waals surface area contributed by atoms with Crippen LogP contribution in [-0.4, -0.2) is 87.6 Å². The highest BCUT2D eigenvalue weighted by Crippen LogP contribution is 2.39. The molecule has 226 valence electrons. The minimum Gasteiger partial charge on any atom is -0.482 e. The number of carbonyl (C=O) groups excluding carboxylic acids is 3. The molecule has 1 fully saturated rings. The predicted molar refractivity (Wildman–Crippen MR) is 167 cm³/mol. The first kappa shape index (κ1) is 31.1. The summed E-state index contributed by atoms with van der Waals surface area (Å²) in [5.74, 6) is -0.443. The Balaban J connectivity index is 1.39. The van der Waals surface area contributed by atoms with Crippen molar-refractivity contribution in [2.75, 3.05) is 65.0 Å². The normalized spacial score (nSPS) is 15.8. The highest BCUT2D eigenvalue weighted by molar-refractivity contribution is 6.42. The van der Waals surface area contributed by atoms with E-state index in [0.29, 0.717) is 46.8 Å². The molecule has 2 aliphatic rings. The molecule has 1 unspecified atom stereocenters. The summed E-state index contributed by atoms with van der Waals surface area (Å²) in [6.45, 7) is 2.96. The average molecular weight is 646 g/mol. The van der Waals surface area contributed by atoms with Gasteiger partial charge >= 0.3 is 0 Å². The maximum absolute atomic E-state index is 13.8. The van der Waals surface area contributed by atoms with Crippen molar-refractivity contribution in [3.63, 3.8) is 0 Å². The second-order valence-electron chi connectivity index (χ2n) is 10.3. The number of halogens is 3. The van der Waals surface area contributed by atoms with E-state index in [1.165, 1.54) is 4.90 Å². The molecule has 12 heteroatoms. The van der Waals surface area contributed by atoms with Crippen LogP contribution in [0.1, 0.15) is 22.0 Å². The van der Waals surface area contributed by atoms with E-state index in [9.17, 15) is 14.4 Å². The second kappa shape index (κ2) is 13.5. The molecule has 9 nitrogen and oxygen atoms in total. The average Bonchev–Trinajstić information content (AvgIpc) is 3.02. The number of fused-ring (bicyclic) bond motifs is 1. The second-order valence-corrected chi connectivity index (χ2v) is 11.6. The number of amides is 3. The Hall–Kier alpha value is -3.34. The number of carbonyl (C=O) groups is 3. The molecule has 3 aromatic rings.